The number of carbonyl (C=O) groups is 1. The monoisotopic (exact) mass is 328 g/mol. The van der Waals surface area contributed by atoms with Crippen LogP contribution < -0.4 is 0 Å². The normalized spacial score (nSPS) is 19.9. The van der Waals surface area contributed by atoms with Gasteiger partial charge in [-0.05, 0) is 12.8 Å². The second kappa shape index (κ2) is 6.12. The summed E-state index contributed by atoms with van der Waals surface area (Å²) in [6, 6.07) is 1.24. The van der Waals surface area contributed by atoms with E-state index in [9.17, 15) is 13.2 Å². The van der Waals surface area contributed by atoms with Crippen LogP contribution in [0.15, 0.2) is 10.6 Å². The van der Waals surface area contributed by atoms with E-state index in [0.29, 0.717) is 25.1 Å². The third-order valence-corrected chi connectivity index (χ3v) is 5.89. The molecule has 1 saturated heterocycles. The average Bonchev–Trinajstić information content (AvgIpc) is 2.74. The Bertz CT molecular complexity index is 643. The van der Waals surface area contributed by atoms with Crippen molar-refractivity contribution in [3.8, 4) is 0 Å². The summed E-state index contributed by atoms with van der Waals surface area (Å²) in [6.45, 7) is 8.26. The highest BCUT2D eigenvalue weighted by molar-refractivity contribution is 7.89. The quantitative estimate of drug-likeness (QED) is 0.796. The molecule has 1 aromatic rings. The molecule has 0 bridgehead atoms. The highest BCUT2D eigenvalue weighted by Crippen LogP contribution is 2.26. The van der Waals surface area contributed by atoms with Crippen molar-refractivity contribution in [2.24, 2.45) is 0 Å². The van der Waals surface area contributed by atoms with Crippen LogP contribution in [-0.2, 0) is 26.7 Å². The number of rotatable bonds is 6. The van der Waals surface area contributed by atoms with E-state index < -0.39 is 16.1 Å². The second-order valence-electron chi connectivity index (χ2n) is 6.81. The number of hydrogen-bond donors (Lipinski definition) is 0. The average molecular weight is 328 g/mol. The molecule has 0 aromatic carbocycles. The summed E-state index contributed by atoms with van der Waals surface area (Å²) in [6.07, 6.45) is 1.26. The zero-order chi connectivity index (χ0) is 16.5. The number of sulfonamides is 1. The van der Waals surface area contributed by atoms with Gasteiger partial charge in [0.05, 0.1) is 23.9 Å². The van der Waals surface area contributed by atoms with Crippen molar-refractivity contribution in [3.63, 3.8) is 0 Å². The van der Waals surface area contributed by atoms with Gasteiger partial charge in [0.2, 0.25) is 10.0 Å². The van der Waals surface area contributed by atoms with Crippen molar-refractivity contribution in [2.45, 2.75) is 58.4 Å². The Kier molecular flexibility index (Phi) is 4.77. The topological polar surface area (TPSA) is 80.5 Å². The van der Waals surface area contributed by atoms with Crippen LogP contribution in [0.2, 0.25) is 0 Å². The molecule has 1 aliphatic rings. The molecule has 0 unspecified atom stereocenters. The van der Waals surface area contributed by atoms with Crippen LogP contribution in [0.5, 0.6) is 0 Å². The molecule has 0 amide bonds. The van der Waals surface area contributed by atoms with Gasteiger partial charge >= 0.3 is 0 Å². The van der Waals surface area contributed by atoms with Gasteiger partial charge in [0.15, 0.2) is 5.78 Å². The lowest BCUT2D eigenvalue weighted by molar-refractivity contribution is -0.124. The SMILES string of the molecule is CCCS(=O)(=O)N1CC[C@H]1C(=O)Cc1cc(C(C)(C)C)on1. The van der Waals surface area contributed by atoms with Gasteiger partial charge in [-0.3, -0.25) is 4.79 Å². The summed E-state index contributed by atoms with van der Waals surface area (Å²) in [4.78, 5) is 12.3. The second-order valence-corrected chi connectivity index (χ2v) is 8.85. The van der Waals surface area contributed by atoms with Crippen LogP contribution in [0.1, 0.15) is 52.0 Å². The molecule has 124 valence electrons. The van der Waals surface area contributed by atoms with Crippen molar-refractivity contribution < 1.29 is 17.7 Å². The maximum atomic E-state index is 12.3. The lowest BCUT2D eigenvalue weighted by atomic mass is 9.92. The van der Waals surface area contributed by atoms with Crippen molar-refractivity contribution >= 4 is 15.8 Å². The first-order valence-corrected chi connectivity index (χ1v) is 9.24. The Morgan fingerprint density at radius 1 is 1.45 bits per heavy atom. The molecule has 0 radical (unpaired) electrons. The number of aromatic nitrogens is 1. The van der Waals surface area contributed by atoms with E-state index in [1.54, 1.807) is 6.07 Å². The smallest absolute Gasteiger partial charge is 0.214 e. The lowest BCUT2D eigenvalue weighted by Crippen LogP contribution is -2.56. The van der Waals surface area contributed by atoms with Gasteiger partial charge in [-0.25, -0.2) is 8.42 Å². The third-order valence-electron chi connectivity index (χ3n) is 3.82. The van der Waals surface area contributed by atoms with E-state index in [0.717, 1.165) is 5.76 Å². The molecule has 7 heteroatoms. The molecule has 1 aliphatic heterocycles. The van der Waals surface area contributed by atoms with Gasteiger partial charge in [0, 0.05) is 18.0 Å². The molecule has 1 fully saturated rings. The number of hydrogen-bond acceptors (Lipinski definition) is 5. The first kappa shape index (κ1) is 17.1. The first-order chi connectivity index (χ1) is 10.1. The van der Waals surface area contributed by atoms with E-state index in [1.807, 2.05) is 27.7 Å². The van der Waals surface area contributed by atoms with Gasteiger partial charge in [-0.2, -0.15) is 4.31 Å². The van der Waals surface area contributed by atoms with Crippen molar-refractivity contribution in [2.75, 3.05) is 12.3 Å². The standard InChI is InChI=1S/C15H24N2O4S/c1-5-8-22(19,20)17-7-6-12(17)13(18)9-11-10-14(21-16-11)15(2,3)4/h10,12H,5-9H2,1-4H3/t12-/m0/s1. The molecule has 0 spiro atoms. The molecule has 0 saturated carbocycles. The van der Waals surface area contributed by atoms with E-state index in [4.69, 9.17) is 4.52 Å². The van der Waals surface area contributed by atoms with Crippen LogP contribution in [0.3, 0.4) is 0 Å². The molecular weight excluding hydrogens is 304 g/mol. The van der Waals surface area contributed by atoms with Crippen LogP contribution >= 0.6 is 0 Å². The van der Waals surface area contributed by atoms with Crippen LogP contribution in [0.25, 0.3) is 0 Å². The molecular formula is C15H24N2O4S. The molecule has 2 heterocycles. The highest BCUT2D eigenvalue weighted by Gasteiger charge is 2.41. The molecule has 2 rings (SSSR count). The van der Waals surface area contributed by atoms with Gasteiger partial charge in [-0.15, -0.1) is 0 Å². The van der Waals surface area contributed by atoms with Crippen molar-refractivity contribution in [1.82, 2.24) is 9.46 Å². The predicted octanol–water partition coefficient (Wildman–Crippen LogP) is 1.90. The Balaban J connectivity index is 2.03. The maximum Gasteiger partial charge on any atom is 0.214 e. The molecule has 0 N–H and O–H groups in total. The Morgan fingerprint density at radius 2 is 2.14 bits per heavy atom. The molecule has 0 aliphatic carbocycles. The molecule has 1 aromatic heterocycles. The minimum absolute atomic E-state index is 0.0922. The van der Waals surface area contributed by atoms with Crippen molar-refractivity contribution in [1.29, 1.82) is 0 Å². The van der Waals surface area contributed by atoms with Crippen LogP contribution in [-0.4, -0.2) is 42.0 Å². The van der Waals surface area contributed by atoms with E-state index >= 15 is 0 Å². The van der Waals surface area contributed by atoms with Gasteiger partial charge in [0.25, 0.3) is 0 Å². The number of carbonyl (C=O) groups excluding carboxylic acids is 1. The summed E-state index contributed by atoms with van der Waals surface area (Å²) in [5, 5.41) is 3.92. The minimum atomic E-state index is -3.31. The summed E-state index contributed by atoms with van der Waals surface area (Å²) in [7, 11) is -3.31. The molecule has 1 atom stereocenters. The van der Waals surface area contributed by atoms with Crippen molar-refractivity contribution in [3.05, 3.63) is 17.5 Å². The number of nitrogens with zero attached hydrogens (tertiary/aromatic N) is 2. The predicted molar refractivity (Wildman–Crippen MR) is 83.1 cm³/mol. The summed E-state index contributed by atoms with van der Waals surface area (Å²) < 4.78 is 30.7. The largest absolute Gasteiger partial charge is 0.361 e. The highest BCUT2D eigenvalue weighted by atomic mass is 32.2. The fraction of sp³-hybridized carbons (Fsp3) is 0.733. The summed E-state index contributed by atoms with van der Waals surface area (Å²) >= 11 is 0. The Hall–Kier alpha value is -1.21. The third kappa shape index (κ3) is 3.57. The van der Waals surface area contributed by atoms with E-state index in [2.05, 4.69) is 5.16 Å². The molecule has 6 nitrogen and oxygen atoms in total. The number of ketones is 1. The van der Waals surface area contributed by atoms with Crippen LogP contribution in [0.4, 0.5) is 0 Å². The fourth-order valence-corrected chi connectivity index (χ4v) is 4.18. The zero-order valence-corrected chi connectivity index (χ0v) is 14.4. The van der Waals surface area contributed by atoms with Gasteiger partial charge < -0.3 is 4.52 Å². The first-order valence-electron chi connectivity index (χ1n) is 7.63. The fourth-order valence-electron chi connectivity index (χ4n) is 2.44. The Labute approximate surface area is 131 Å². The Morgan fingerprint density at radius 3 is 2.59 bits per heavy atom. The van der Waals surface area contributed by atoms with E-state index in [-0.39, 0.29) is 23.4 Å². The van der Waals surface area contributed by atoms with E-state index in [1.165, 1.54) is 4.31 Å². The minimum Gasteiger partial charge on any atom is -0.361 e. The summed E-state index contributed by atoms with van der Waals surface area (Å²) in [5.41, 5.74) is 0.399. The maximum absolute atomic E-state index is 12.3. The van der Waals surface area contributed by atoms with Gasteiger partial charge in [-0.1, -0.05) is 32.9 Å². The summed E-state index contributed by atoms with van der Waals surface area (Å²) in [5.74, 6) is 0.702. The van der Waals surface area contributed by atoms with Gasteiger partial charge in [0.1, 0.15) is 5.76 Å². The molecule has 22 heavy (non-hydrogen) atoms. The zero-order valence-electron chi connectivity index (χ0n) is 13.6. The lowest BCUT2D eigenvalue weighted by Gasteiger charge is -2.38. The van der Waals surface area contributed by atoms with Crippen LogP contribution in [0, 0.1) is 0 Å². The number of Topliss-reactive ketones (excluding diaryl/α,β-unsaturated/α-hetero) is 1.